The van der Waals surface area contributed by atoms with Crippen molar-refractivity contribution in [2.45, 2.75) is 20.8 Å². The van der Waals surface area contributed by atoms with Gasteiger partial charge in [-0.1, -0.05) is 20.8 Å². The van der Waals surface area contributed by atoms with Crippen LogP contribution in [0.4, 0.5) is 0 Å². The molecule has 1 N–H and O–H groups in total. The first kappa shape index (κ1) is 11.0. The van der Waals surface area contributed by atoms with Crippen molar-refractivity contribution in [3.8, 4) is 12.1 Å². The van der Waals surface area contributed by atoms with Crippen LogP contribution < -0.4 is 0 Å². The number of H-pyrrole nitrogens is 1. The van der Waals surface area contributed by atoms with Gasteiger partial charge in [0.05, 0.1) is 11.6 Å². The summed E-state index contributed by atoms with van der Waals surface area (Å²) >= 11 is 0. The van der Waals surface area contributed by atoms with Crippen LogP contribution in [0.2, 0.25) is 0 Å². The molecule has 0 saturated carbocycles. The molecular formula is C11H12N4. The van der Waals surface area contributed by atoms with E-state index < -0.39 is 0 Å². The molecule has 0 unspecified atom stereocenters. The van der Waals surface area contributed by atoms with E-state index in [-0.39, 0.29) is 5.41 Å². The molecule has 0 fully saturated rings. The first-order valence-electron chi connectivity index (χ1n) is 4.55. The van der Waals surface area contributed by atoms with Gasteiger partial charge in [0.1, 0.15) is 17.5 Å². The van der Waals surface area contributed by atoms with Gasteiger partial charge < -0.3 is 4.98 Å². The molecule has 4 heteroatoms. The summed E-state index contributed by atoms with van der Waals surface area (Å²) in [5.41, 5.74) is 0.405. The third-order valence-electron chi connectivity index (χ3n) is 1.96. The molecule has 0 aromatic carbocycles. The quantitative estimate of drug-likeness (QED) is 0.706. The number of nitrogens with zero attached hydrogens (tertiary/aromatic N) is 3. The summed E-state index contributed by atoms with van der Waals surface area (Å²) in [6.45, 7) is 5.68. The van der Waals surface area contributed by atoms with Crippen LogP contribution in [0.15, 0.2) is 18.0 Å². The van der Waals surface area contributed by atoms with Gasteiger partial charge in [-0.3, -0.25) is 0 Å². The Kier molecular flexibility index (Phi) is 2.92. The average molecular weight is 200 g/mol. The number of allylic oxidation sites excluding steroid dienone is 2. The van der Waals surface area contributed by atoms with E-state index in [1.54, 1.807) is 12.4 Å². The van der Waals surface area contributed by atoms with E-state index in [1.807, 2.05) is 26.8 Å². The van der Waals surface area contributed by atoms with Crippen LogP contribution in [-0.4, -0.2) is 9.97 Å². The number of imidazole rings is 1. The summed E-state index contributed by atoms with van der Waals surface area (Å²) in [7, 11) is 0. The minimum atomic E-state index is -0.355. The smallest absolute Gasteiger partial charge is 0.148 e. The molecule has 15 heavy (non-hydrogen) atoms. The van der Waals surface area contributed by atoms with Gasteiger partial charge in [-0.05, 0) is 5.41 Å². The lowest BCUT2D eigenvalue weighted by molar-refractivity contribution is 0.522. The van der Waals surface area contributed by atoms with Crippen LogP contribution >= 0.6 is 0 Å². The predicted molar refractivity (Wildman–Crippen MR) is 56.2 cm³/mol. The highest BCUT2D eigenvalue weighted by molar-refractivity contribution is 5.79. The Morgan fingerprint density at radius 1 is 1.33 bits per heavy atom. The first-order valence-corrected chi connectivity index (χ1v) is 4.55. The lowest BCUT2D eigenvalue weighted by Gasteiger charge is -2.17. The van der Waals surface area contributed by atoms with Gasteiger partial charge in [0.25, 0.3) is 0 Å². The summed E-state index contributed by atoms with van der Waals surface area (Å²) in [6.07, 6.45) is 3.19. The van der Waals surface area contributed by atoms with Crippen LogP contribution in [0.25, 0.3) is 5.57 Å². The summed E-state index contributed by atoms with van der Waals surface area (Å²) in [6, 6.07) is 4.10. The van der Waals surface area contributed by atoms with Crippen molar-refractivity contribution < 1.29 is 0 Å². The molecule has 1 aromatic rings. The Morgan fingerprint density at radius 3 is 2.33 bits per heavy atom. The number of hydrogen-bond donors (Lipinski definition) is 1. The van der Waals surface area contributed by atoms with Gasteiger partial charge in [-0.2, -0.15) is 10.5 Å². The van der Waals surface area contributed by atoms with E-state index >= 15 is 0 Å². The highest BCUT2D eigenvalue weighted by atomic mass is 14.9. The topological polar surface area (TPSA) is 76.3 Å². The van der Waals surface area contributed by atoms with Crippen LogP contribution in [0.3, 0.4) is 0 Å². The number of hydrogen-bond acceptors (Lipinski definition) is 3. The molecule has 0 aliphatic rings. The molecule has 4 nitrogen and oxygen atoms in total. The summed E-state index contributed by atoms with van der Waals surface area (Å²) in [5.74, 6) is 0.448. The Hall–Kier alpha value is -2.07. The molecule has 0 spiro atoms. The summed E-state index contributed by atoms with van der Waals surface area (Å²) < 4.78 is 0. The Labute approximate surface area is 88.9 Å². The van der Waals surface area contributed by atoms with Gasteiger partial charge in [-0.15, -0.1) is 0 Å². The Bertz CT molecular complexity index is 446. The fourth-order valence-corrected chi connectivity index (χ4v) is 1.23. The van der Waals surface area contributed by atoms with Crippen molar-refractivity contribution in [3.63, 3.8) is 0 Å². The number of nitrogens with one attached hydrogen (secondary N) is 1. The van der Waals surface area contributed by atoms with Crippen molar-refractivity contribution in [1.82, 2.24) is 9.97 Å². The van der Waals surface area contributed by atoms with Crippen LogP contribution in [-0.2, 0) is 0 Å². The lowest BCUT2D eigenvalue weighted by Crippen LogP contribution is -2.10. The minimum absolute atomic E-state index is 0.315. The number of nitriles is 2. The third-order valence-corrected chi connectivity index (χ3v) is 1.96. The molecular weight excluding hydrogens is 188 g/mol. The maximum Gasteiger partial charge on any atom is 0.148 e. The van der Waals surface area contributed by atoms with Crippen molar-refractivity contribution in [2.24, 2.45) is 5.41 Å². The third kappa shape index (κ3) is 2.24. The highest BCUT2D eigenvalue weighted by Crippen LogP contribution is 2.30. The fraction of sp³-hybridized carbons (Fsp3) is 0.364. The molecule has 0 aliphatic heterocycles. The van der Waals surface area contributed by atoms with Crippen molar-refractivity contribution in [3.05, 3.63) is 23.8 Å². The number of aromatic nitrogens is 2. The maximum absolute atomic E-state index is 9.06. The monoisotopic (exact) mass is 200 g/mol. The second-order valence-electron chi connectivity index (χ2n) is 4.16. The van der Waals surface area contributed by atoms with E-state index in [0.29, 0.717) is 17.0 Å². The normalized spacial score (nSPS) is 12.6. The Morgan fingerprint density at radius 2 is 2.00 bits per heavy atom. The molecule has 1 heterocycles. The first-order chi connectivity index (χ1) is 7.00. The van der Waals surface area contributed by atoms with Crippen molar-refractivity contribution >= 4 is 5.57 Å². The fourth-order valence-electron chi connectivity index (χ4n) is 1.23. The molecule has 0 atom stereocenters. The number of aromatic amines is 1. The van der Waals surface area contributed by atoms with Crippen molar-refractivity contribution in [2.75, 3.05) is 0 Å². The molecule has 76 valence electrons. The summed E-state index contributed by atoms with van der Waals surface area (Å²) in [5, 5.41) is 18.1. The van der Waals surface area contributed by atoms with Gasteiger partial charge >= 0.3 is 0 Å². The van der Waals surface area contributed by atoms with Gasteiger partial charge in [-0.25, -0.2) is 4.98 Å². The molecule has 0 aliphatic carbocycles. The van der Waals surface area contributed by atoms with Crippen LogP contribution in [0, 0.1) is 28.1 Å². The Balaban J connectivity index is 3.39. The second kappa shape index (κ2) is 3.98. The molecule has 0 saturated heterocycles. The van der Waals surface area contributed by atoms with E-state index in [9.17, 15) is 0 Å². The zero-order valence-electron chi connectivity index (χ0n) is 9.00. The predicted octanol–water partition coefficient (Wildman–Crippen LogP) is 2.26. The zero-order valence-corrected chi connectivity index (χ0v) is 9.00. The highest BCUT2D eigenvalue weighted by Gasteiger charge is 2.23. The molecule has 0 amide bonds. The van der Waals surface area contributed by atoms with E-state index in [1.165, 1.54) is 0 Å². The largest absolute Gasteiger partial charge is 0.344 e. The molecule has 1 aromatic heterocycles. The molecule has 1 rings (SSSR count). The zero-order chi connectivity index (χ0) is 11.5. The van der Waals surface area contributed by atoms with Gasteiger partial charge in [0.15, 0.2) is 0 Å². The van der Waals surface area contributed by atoms with Gasteiger partial charge in [0, 0.05) is 12.4 Å². The van der Waals surface area contributed by atoms with Crippen LogP contribution in [0.1, 0.15) is 26.6 Å². The lowest BCUT2D eigenvalue weighted by atomic mass is 9.84. The number of rotatable bonds is 1. The summed E-state index contributed by atoms with van der Waals surface area (Å²) in [4.78, 5) is 6.82. The van der Waals surface area contributed by atoms with E-state index in [4.69, 9.17) is 10.5 Å². The molecule has 0 bridgehead atoms. The van der Waals surface area contributed by atoms with Crippen LogP contribution in [0.5, 0.6) is 0 Å². The van der Waals surface area contributed by atoms with E-state index in [0.717, 1.165) is 0 Å². The minimum Gasteiger partial charge on any atom is -0.344 e. The SMILES string of the molecule is CC(C)(C)C(C#N)=C(C#N)c1ncc[nH]1. The van der Waals surface area contributed by atoms with Crippen molar-refractivity contribution in [1.29, 1.82) is 10.5 Å². The standard InChI is InChI=1S/C11H12N4/c1-11(2,3)9(7-13)8(6-12)10-14-4-5-15-10/h4-5H,1-3H3,(H,14,15). The van der Waals surface area contributed by atoms with E-state index in [2.05, 4.69) is 16.0 Å². The van der Waals surface area contributed by atoms with Gasteiger partial charge in [0.2, 0.25) is 0 Å². The average Bonchev–Trinajstić information content (AvgIpc) is 2.64. The maximum atomic E-state index is 9.06. The molecule has 0 radical (unpaired) electrons. The second-order valence-corrected chi connectivity index (χ2v) is 4.16.